The number of carbonyl (C=O) groups excluding carboxylic acids is 1. The number of ether oxygens (including phenoxy) is 6. The summed E-state index contributed by atoms with van der Waals surface area (Å²) < 4.78 is 34.6. The molecule has 0 spiro atoms. The van der Waals surface area contributed by atoms with E-state index < -0.39 is 124 Å². The molecule has 0 aromatic heterocycles. The Morgan fingerprint density at radius 1 is 0.353 bits per heavy atom. The first-order valence-corrected chi connectivity index (χ1v) is 42.2. The van der Waals surface area contributed by atoms with Crippen LogP contribution in [0.15, 0.2) is 36.5 Å². The van der Waals surface area contributed by atoms with Crippen molar-refractivity contribution < 1.29 is 89.4 Å². The lowest BCUT2D eigenvalue weighted by Crippen LogP contribution is -2.66. The van der Waals surface area contributed by atoms with Crippen LogP contribution in [0.1, 0.15) is 354 Å². The highest BCUT2D eigenvalue weighted by molar-refractivity contribution is 5.76. The first-order chi connectivity index (χ1) is 49.8. The van der Waals surface area contributed by atoms with E-state index in [4.69, 9.17) is 28.4 Å². The van der Waals surface area contributed by atoms with E-state index in [0.29, 0.717) is 12.8 Å². The minimum atomic E-state index is -1.97. The Morgan fingerprint density at radius 3 is 1.01 bits per heavy atom. The zero-order chi connectivity index (χ0) is 73.9. The third-order valence-electron chi connectivity index (χ3n) is 21.2. The number of aliphatic hydroxyl groups excluding tert-OH is 11. The van der Waals surface area contributed by atoms with Gasteiger partial charge in [-0.25, -0.2) is 0 Å². The molecule has 0 bridgehead atoms. The van der Waals surface area contributed by atoms with Crippen molar-refractivity contribution in [3.63, 3.8) is 0 Å². The van der Waals surface area contributed by atoms with Gasteiger partial charge in [0, 0.05) is 6.42 Å². The number of hydrogen-bond acceptors (Lipinski definition) is 18. The maximum absolute atomic E-state index is 13.5. The van der Waals surface area contributed by atoms with Crippen LogP contribution < -0.4 is 5.32 Å². The number of amides is 1. The molecule has 17 atom stereocenters. The molecule has 0 aliphatic carbocycles. The Balaban J connectivity index is 1.34. The number of aliphatic hydroxyl groups is 11. The van der Waals surface area contributed by atoms with Crippen molar-refractivity contribution in [1.82, 2.24) is 5.32 Å². The van der Waals surface area contributed by atoms with Gasteiger partial charge in [-0.2, -0.15) is 0 Å². The van der Waals surface area contributed by atoms with Gasteiger partial charge in [0.1, 0.15) is 73.2 Å². The predicted molar refractivity (Wildman–Crippen MR) is 406 cm³/mol. The first-order valence-electron chi connectivity index (χ1n) is 42.2. The standard InChI is InChI=1S/C83H155NO18/c1-3-5-7-9-11-13-15-17-19-21-23-25-27-29-30-31-32-33-34-35-36-37-39-41-43-45-47-49-51-53-55-57-59-61-71(89)84-66(67(88)60-58-56-54-52-50-48-46-44-42-40-38-28-26-24-22-20-18-16-14-12-10-8-6-4-2)65-97-81-77(95)74(92)79(69(63-86)99-81)102-83-78(96)75(93)80(70(64-87)100-83)101-82-76(94)73(91)72(90)68(62-85)98-82/h15,17,21,23,27,29,66-70,72-83,85-88,90-96H,3-14,16,18-20,22,24-26,28,30-65H2,1-2H3,(H,84,89)/b17-15-,23-21-,29-27-. The van der Waals surface area contributed by atoms with Crippen molar-refractivity contribution >= 4 is 5.91 Å². The Bertz CT molecular complexity index is 1980. The minimum Gasteiger partial charge on any atom is -0.394 e. The lowest BCUT2D eigenvalue weighted by Gasteiger charge is -2.48. The van der Waals surface area contributed by atoms with Crippen LogP contribution in [-0.4, -0.2) is 193 Å². The maximum Gasteiger partial charge on any atom is 0.220 e. The summed E-state index contributed by atoms with van der Waals surface area (Å²) in [4.78, 5) is 13.5. The van der Waals surface area contributed by atoms with Crippen LogP contribution in [0.25, 0.3) is 0 Å². The molecule has 12 N–H and O–H groups in total. The summed E-state index contributed by atoms with van der Waals surface area (Å²) in [5, 5.41) is 121. The highest BCUT2D eigenvalue weighted by Crippen LogP contribution is 2.33. The molecule has 3 heterocycles. The number of carbonyl (C=O) groups is 1. The Labute approximate surface area is 619 Å². The molecule has 3 saturated heterocycles. The molecule has 600 valence electrons. The van der Waals surface area contributed by atoms with Gasteiger partial charge < -0.3 is 89.9 Å². The highest BCUT2D eigenvalue weighted by Gasteiger charge is 2.54. The first kappa shape index (κ1) is 94.2. The SMILES string of the molecule is CCCCCCC/C=C\C/C=C\C/C=C\CCCCCCCCCCCCCCCCCCCCC(=O)NC(COC1OC(CO)C(OC2OC(CO)C(OC3OC(CO)C(O)C(O)C3O)C(O)C2O)C(O)C1O)C(O)CCCCCCCCCCCCCCCCCCCCCCCCCC. The average Bonchev–Trinajstić information content (AvgIpc) is 0.781. The molecule has 0 aromatic rings. The zero-order valence-electron chi connectivity index (χ0n) is 64.4. The van der Waals surface area contributed by atoms with Crippen LogP contribution in [0.4, 0.5) is 0 Å². The molecule has 3 rings (SSSR count). The number of unbranched alkanes of at least 4 members (excludes halogenated alkanes) is 46. The lowest BCUT2D eigenvalue weighted by molar-refractivity contribution is -0.379. The van der Waals surface area contributed by atoms with Gasteiger partial charge in [-0.1, -0.05) is 333 Å². The second-order valence-electron chi connectivity index (χ2n) is 30.3. The molecule has 0 saturated carbocycles. The van der Waals surface area contributed by atoms with Crippen LogP contribution in [0.3, 0.4) is 0 Å². The van der Waals surface area contributed by atoms with Gasteiger partial charge in [-0.3, -0.25) is 4.79 Å². The van der Waals surface area contributed by atoms with Gasteiger partial charge >= 0.3 is 0 Å². The fraction of sp³-hybridized carbons (Fsp3) is 0.916. The highest BCUT2D eigenvalue weighted by atomic mass is 16.8. The molecule has 0 radical (unpaired) electrons. The largest absolute Gasteiger partial charge is 0.394 e. The van der Waals surface area contributed by atoms with Crippen LogP contribution in [0, 0.1) is 0 Å². The molecule has 19 nitrogen and oxygen atoms in total. The fourth-order valence-corrected chi connectivity index (χ4v) is 14.4. The van der Waals surface area contributed by atoms with Gasteiger partial charge in [0.15, 0.2) is 18.9 Å². The number of hydrogen-bond donors (Lipinski definition) is 12. The average molecular weight is 1460 g/mol. The molecule has 3 aliphatic heterocycles. The van der Waals surface area contributed by atoms with E-state index in [2.05, 4.69) is 55.6 Å². The number of nitrogens with one attached hydrogen (secondary N) is 1. The number of allylic oxidation sites excluding steroid dienone is 6. The van der Waals surface area contributed by atoms with Crippen LogP contribution in [0.2, 0.25) is 0 Å². The Hall–Kier alpha value is -1.99. The molecule has 3 aliphatic rings. The zero-order valence-corrected chi connectivity index (χ0v) is 64.4. The molecule has 17 unspecified atom stereocenters. The summed E-state index contributed by atoms with van der Waals surface area (Å²) in [7, 11) is 0. The molecular weight excluding hydrogens is 1300 g/mol. The lowest BCUT2D eigenvalue weighted by atomic mass is 9.96. The predicted octanol–water partition coefficient (Wildman–Crippen LogP) is 14.7. The normalized spacial score (nSPS) is 26.3. The maximum atomic E-state index is 13.5. The van der Waals surface area contributed by atoms with E-state index >= 15 is 0 Å². The molecule has 102 heavy (non-hydrogen) atoms. The van der Waals surface area contributed by atoms with E-state index in [1.807, 2.05) is 0 Å². The van der Waals surface area contributed by atoms with Crippen LogP contribution in [0.5, 0.6) is 0 Å². The third-order valence-corrected chi connectivity index (χ3v) is 21.2. The summed E-state index contributed by atoms with van der Waals surface area (Å²) in [6.45, 7) is 1.85. The summed E-state index contributed by atoms with van der Waals surface area (Å²) in [5.41, 5.74) is 0. The van der Waals surface area contributed by atoms with Crippen molar-refractivity contribution in [2.75, 3.05) is 26.4 Å². The topological polar surface area (TPSA) is 307 Å². The summed E-state index contributed by atoms with van der Waals surface area (Å²) in [6, 6.07) is -0.888. The van der Waals surface area contributed by atoms with Crippen molar-refractivity contribution in [3.8, 4) is 0 Å². The van der Waals surface area contributed by atoms with E-state index in [1.54, 1.807) is 0 Å². The van der Waals surface area contributed by atoms with E-state index in [1.165, 1.54) is 263 Å². The smallest absolute Gasteiger partial charge is 0.220 e. The molecule has 1 amide bonds. The molecule has 3 fully saturated rings. The molecular formula is C83H155NO18. The van der Waals surface area contributed by atoms with E-state index in [0.717, 1.165) is 57.8 Å². The molecule has 19 heteroatoms. The second kappa shape index (κ2) is 63.9. The van der Waals surface area contributed by atoms with Crippen LogP contribution in [-0.2, 0) is 33.2 Å². The molecule has 0 aromatic carbocycles. The van der Waals surface area contributed by atoms with Gasteiger partial charge in [-0.15, -0.1) is 0 Å². The summed E-state index contributed by atoms with van der Waals surface area (Å²) in [6.07, 6.45) is 52.3. The summed E-state index contributed by atoms with van der Waals surface area (Å²) in [5.74, 6) is -0.236. The van der Waals surface area contributed by atoms with Gasteiger partial charge in [-0.05, 0) is 51.4 Å². The summed E-state index contributed by atoms with van der Waals surface area (Å²) >= 11 is 0. The van der Waals surface area contributed by atoms with Crippen molar-refractivity contribution in [2.45, 2.75) is 458 Å². The van der Waals surface area contributed by atoms with Gasteiger partial charge in [0.05, 0.1) is 38.6 Å². The van der Waals surface area contributed by atoms with Gasteiger partial charge in [0.25, 0.3) is 0 Å². The quantitative estimate of drug-likeness (QED) is 0.0199. The van der Waals surface area contributed by atoms with Gasteiger partial charge in [0.2, 0.25) is 5.91 Å². The van der Waals surface area contributed by atoms with Crippen LogP contribution >= 0.6 is 0 Å². The third kappa shape index (κ3) is 43.3. The van der Waals surface area contributed by atoms with E-state index in [9.17, 15) is 61.0 Å². The Kier molecular flexibility index (Phi) is 59.0. The Morgan fingerprint density at radius 2 is 0.647 bits per heavy atom. The number of rotatable bonds is 68. The second-order valence-corrected chi connectivity index (χ2v) is 30.3. The minimum absolute atomic E-state index is 0.236. The monoisotopic (exact) mass is 1450 g/mol. The van der Waals surface area contributed by atoms with Crippen molar-refractivity contribution in [2.24, 2.45) is 0 Å². The fourth-order valence-electron chi connectivity index (χ4n) is 14.4. The van der Waals surface area contributed by atoms with Crippen molar-refractivity contribution in [3.05, 3.63) is 36.5 Å². The van der Waals surface area contributed by atoms with E-state index in [-0.39, 0.29) is 18.9 Å². The van der Waals surface area contributed by atoms with Crippen molar-refractivity contribution in [1.29, 1.82) is 0 Å².